The monoisotopic (exact) mass is 402 g/mol. The summed E-state index contributed by atoms with van der Waals surface area (Å²) in [7, 11) is 0. The van der Waals surface area contributed by atoms with Crippen molar-refractivity contribution in [1.82, 2.24) is 9.88 Å². The lowest BCUT2D eigenvalue weighted by molar-refractivity contribution is 0.0696. The number of benzene rings is 2. The highest BCUT2D eigenvalue weighted by Crippen LogP contribution is 2.40. The fraction of sp³-hybridized carbons (Fsp3) is 0.208. The van der Waals surface area contributed by atoms with E-state index in [1.165, 1.54) is 22.3 Å². The molecule has 1 amide bonds. The van der Waals surface area contributed by atoms with Gasteiger partial charge in [0.25, 0.3) is 5.91 Å². The first-order valence-electron chi connectivity index (χ1n) is 9.93. The molecular weight excluding hydrogens is 380 g/mol. The molecule has 1 aliphatic rings. The third-order valence-electron chi connectivity index (χ3n) is 5.51. The molecule has 1 N–H and O–H groups in total. The zero-order chi connectivity index (χ0) is 19.8. The van der Waals surface area contributed by atoms with Gasteiger partial charge in [-0.15, -0.1) is 11.3 Å². The fourth-order valence-electron chi connectivity index (χ4n) is 4.29. The molecule has 0 bridgehead atoms. The first-order chi connectivity index (χ1) is 14.3. The summed E-state index contributed by atoms with van der Waals surface area (Å²) in [5.74, 6) is 0.910. The molecule has 4 aromatic rings. The number of H-pyrrole nitrogens is 1. The molecule has 0 aliphatic carbocycles. The van der Waals surface area contributed by atoms with Crippen LogP contribution in [-0.4, -0.2) is 28.9 Å². The van der Waals surface area contributed by atoms with Crippen LogP contribution in [0, 0.1) is 0 Å². The van der Waals surface area contributed by atoms with Gasteiger partial charge in [0.1, 0.15) is 5.75 Å². The Hall–Kier alpha value is -3.05. The minimum Gasteiger partial charge on any atom is -0.494 e. The first-order valence-corrected chi connectivity index (χ1v) is 10.8. The molecule has 5 rings (SSSR count). The van der Waals surface area contributed by atoms with Gasteiger partial charge in [0, 0.05) is 23.1 Å². The fourth-order valence-corrected chi connectivity index (χ4v) is 4.97. The lowest BCUT2D eigenvalue weighted by atomic mass is 9.92. The molecule has 0 spiro atoms. The number of thiophene rings is 1. The van der Waals surface area contributed by atoms with Crippen LogP contribution in [-0.2, 0) is 6.42 Å². The van der Waals surface area contributed by atoms with Crippen molar-refractivity contribution in [2.24, 2.45) is 0 Å². The Kier molecular flexibility index (Phi) is 4.60. The molecule has 0 saturated heterocycles. The molecule has 0 saturated carbocycles. The highest BCUT2D eigenvalue weighted by Gasteiger charge is 2.35. The quantitative estimate of drug-likeness (QED) is 0.496. The van der Waals surface area contributed by atoms with Gasteiger partial charge < -0.3 is 14.6 Å². The molecule has 1 atom stereocenters. The van der Waals surface area contributed by atoms with Crippen molar-refractivity contribution < 1.29 is 9.53 Å². The number of amides is 1. The summed E-state index contributed by atoms with van der Waals surface area (Å²) in [5.41, 5.74) is 4.60. The molecule has 2 aromatic carbocycles. The van der Waals surface area contributed by atoms with Crippen molar-refractivity contribution in [2.45, 2.75) is 19.4 Å². The molecule has 0 fully saturated rings. The van der Waals surface area contributed by atoms with Crippen molar-refractivity contribution in [1.29, 1.82) is 0 Å². The Balaban J connectivity index is 1.66. The number of rotatable bonds is 4. The van der Waals surface area contributed by atoms with Gasteiger partial charge in [0.15, 0.2) is 0 Å². The summed E-state index contributed by atoms with van der Waals surface area (Å²) < 4.78 is 5.74. The number of carbonyl (C=O) groups excluding carboxylic acids is 1. The van der Waals surface area contributed by atoms with E-state index in [9.17, 15) is 4.79 Å². The molecule has 0 unspecified atom stereocenters. The Bertz CT molecular complexity index is 1160. The third-order valence-corrected chi connectivity index (χ3v) is 6.37. The maximum absolute atomic E-state index is 13.4. The summed E-state index contributed by atoms with van der Waals surface area (Å²) in [6.07, 6.45) is 0.845. The number of nitrogens with one attached hydrogen (secondary N) is 1. The van der Waals surface area contributed by atoms with Crippen molar-refractivity contribution >= 4 is 28.1 Å². The molecule has 5 heteroatoms. The SMILES string of the molecule is CCOc1cccc([C@H]2c3[nH]c4ccccc4c3CCN2C(=O)c2cccs2)c1. The van der Waals surface area contributed by atoms with Gasteiger partial charge >= 0.3 is 0 Å². The zero-order valence-corrected chi connectivity index (χ0v) is 17.0. The highest BCUT2D eigenvalue weighted by atomic mass is 32.1. The summed E-state index contributed by atoms with van der Waals surface area (Å²) in [4.78, 5) is 19.8. The Morgan fingerprint density at radius 2 is 2.07 bits per heavy atom. The number of fused-ring (bicyclic) bond motifs is 3. The normalized spacial score (nSPS) is 16.0. The van der Waals surface area contributed by atoms with Crippen LogP contribution < -0.4 is 4.74 Å². The van der Waals surface area contributed by atoms with Gasteiger partial charge in [-0.2, -0.15) is 0 Å². The number of ether oxygens (including phenoxy) is 1. The van der Waals surface area contributed by atoms with Crippen LogP contribution in [0.5, 0.6) is 5.75 Å². The topological polar surface area (TPSA) is 45.3 Å². The summed E-state index contributed by atoms with van der Waals surface area (Å²) in [6.45, 7) is 3.29. The van der Waals surface area contributed by atoms with E-state index in [1.54, 1.807) is 0 Å². The van der Waals surface area contributed by atoms with E-state index in [-0.39, 0.29) is 11.9 Å². The van der Waals surface area contributed by atoms with Gasteiger partial charge in [-0.05, 0) is 54.1 Å². The molecule has 3 heterocycles. The number of aromatic amines is 1. The second kappa shape index (κ2) is 7.41. The Morgan fingerprint density at radius 1 is 1.17 bits per heavy atom. The van der Waals surface area contributed by atoms with Crippen LogP contribution in [0.3, 0.4) is 0 Å². The molecule has 1 aliphatic heterocycles. The third kappa shape index (κ3) is 3.12. The highest BCUT2D eigenvalue weighted by molar-refractivity contribution is 7.12. The van der Waals surface area contributed by atoms with Crippen molar-refractivity contribution in [3.8, 4) is 5.75 Å². The number of hydrogen-bond acceptors (Lipinski definition) is 3. The maximum atomic E-state index is 13.4. The standard InChI is InChI=1S/C24H22N2O2S/c1-2-28-17-8-5-7-16(15-17)23-22-19(18-9-3-4-10-20(18)25-22)12-13-26(23)24(27)21-11-6-14-29-21/h3-11,14-15,23,25H,2,12-13H2,1H3/t23-/m0/s1. The van der Waals surface area contributed by atoms with E-state index in [0.29, 0.717) is 13.2 Å². The lowest BCUT2D eigenvalue weighted by Crippen LogP contribution is -2.40. The van der Waals surface area contributed by atoms with Crippen molar-refractivity contribution in [3.05, 3.63) is 87.7 Å². The smallest absolute Gasteiger partial charge is 0.264 e. The molecule has 146 valence electrons. The minimum absolute atomic E-state index is 0.0797. The number of hydrogen-bond donors (Lipinski definition) is 1. The van der Waals surface area contributed by atoms with E-state index in [0.717, 1.165) is 33.8 Å². The van der Waals surface area contributed by atoms with Crippen LogP contribution in [0.25, 0.3) is 10.9 Å². The van der Waals surface area contributed by atoms with E-state index in [1.807, 2.05) is 47.5 Å². The van der Waals surface area contributed by atoms with Crippen molar-refractivity contribution in [3.63, 3.8) is 0 Å². The number of carbonyl (C=O) groups is 1. The summed E-state index contributed by atoms with van der Waals surface area (Å²) in [5, 5.41) is 3.20. The largest absolute Gasteiger partial charge is 0.494 e. The molecule has 2 aromatic heterocycles. The molecular formula is C24H22N2O2S. The maximum Gasteiger partial charge on any atom is 0.264 e. The van der Waals surface area contributed by atoms with Crippen molar-refractivity contribution in [2.75, 3.05) is 13.2 Å². The summed E-state index contributed by atoms with van der Waals surface area (Å²) in [6, 6.07) is 20.2. The molecule has 0 radical (unpaired) electrons. The summed E-state index contributed by atoms with van der Waals surface area (Å²) >= 11 is 1.49. The van der Waals surface area contributed by atoms with Gasteiger partial charge in [0.2, 0.25) is 0 Å². The average Bonchev–Trinajstić information content (AvgIpc) is 3.41. The first kappa shape index (κ1) is 18.0. The molecule has 4 nitrogen and oxygen atoms in total. The zero-order valence-electron chi connectivity index (χ0n) is 16.2. The minimum atomic E-state index is -0.166. The van der Waals surface area contributed by atoms with E-state index in [4.69, 9.17) is 4.74 Å². The van der Waals surface area contributed by atoms with Crippen LogP contribution in [0.2, 0.25) is 0 Å². The van der Waals surface area contributed by atoms with Gasteiger partial charge in [0.05, 0.1) is 17.5 Å². The number of para-hydroxylation sites is 1. The van der Waals surface area contributed by atoms with Crippen LogP contribution in [0.1, 0.15) is 39.5 Å². The van der Waals surface area contributed by atoms with E-state index >= 15 is 0 Å². The van der Waals surface area contributed by atoms with Crippen LogP contribution in [0.4, 0.5) is 0 Å². The molecule has 29 heavy (non-hydrogen) atoms. The van der Waals surface area contributed by atoms with Gasteiger partial charge in [-0.3, -0.25) is 4.79 Å². The second-order valence-electron chi connectivity index (χ2n) is 7.20. The average molecular weight is 403 g/mol. The van der Waals surface area contributed by atoms with Gasteiger partial charge in [-0.1, -0.05) is 36.4 Å². The van der Waals surface area contributed by atoms with E-state index in [2.05, 4.69) is 35.3 Å². The lowest BCUT2D eigenvalue weighted by Gasteiger charge is -2.36. The van der Waals surface area contributed by atoms with E-state index < -0.39 is 0 Å². The Labute approximate surface area is 173 Å². The second-order valence-corrected chi connectivity index (χ2v) is 8.14. The number of nitrogens with zero attached hydrogens (tertiary/aromatic N) is 1. The van der Waals surface area contributed by atoms with Crippen LogP contribution in [0.15, 0.2) is 66.0 Å². The number of aromatic nitrogens is 1. The van der Waals surface area contributed by atoms with Crippen LogP contribution >= 0.6 is 11.3 Å². The predicted molar refractivity (Wildman–Crippen MR) is 117 cm³/mol. The predicted octanol–water partition coefficient (Wildman–Crippen LogP) is 5.42. The Morgan fingerprint density at radius 3 is 2.90 bits per heavy atom. The van der Waals surface area contributed by atoms with Gasteiger partial charge in [-0.25, -0.2) is 0 Å².